The standard InChI is InChI=1S/C14H27NO/c1-10(2)12-6-14(7-12)9-15-8-13(5,16-14)11(3)4/h10-12,15H,6-9H2,1-5H3. The molecule has 2 nitrogen and oxygen atoms in total. The van der Waals surface area contributed by atoms with E-state index in [-0.39, 0.29) is 11.2 Å². The molecule has 1 atom stereocenters. The van der Waals surface area contributed by atoms with E-state index in [4.69, 9.17) is 4.74 Å². The van der Waals surface area contributed by atoms with Crippen molar-refractivity contribution in [2.24, 2.45) is 17.8 Å². The molecule has 0 radical (unpaired) electrons. The average molecular weight is 225 g/mol. The van der Waals surface area contributed by atoms with Gasteiger partial charge in [-0.1, -0.05) is 27.7 Å². The van der Waals surface area contributed by atoms with Crippen molar-refractivity contribution in [1.82, 2.24) is 5.32 Å². The number of morpholine rings is 1. The maximum absolute atomic E-state index is 6.48. The van der Waals surface area contributed by atoms with Crippen LogP contribution in [0.5, 0.6) is 0 Å². The molecule has 0 aromatic carbocycles. The van der Waals surface area contributed by atoms with E-state index in [1.165, 1.54) is 12.8 Å². The maximum atomic E-state index is 6.48. The van der Waals surface area contributed by atoms with Gasteiger partial charge in [-0.05, 0) is 37.5 Å². The molecule has 0 bridgehead atoms. The van der Waals surface area contributed by atoms with Gasteiger partial charge in [0, 0.05) is 13.1 Å². The van der Waals surface area contributed by atoms with Gasteiger partial charge in [0.2, 0.25) is 0 Å². The summed E-state index contributed by atoms with van der Waals surface area (Å²) in [6, 6.07) is 0. The third-order valence-corrected chi connectivity index (χ3v) is 4.81. The first-order valence-electron chi connectivity index (χ1n) is 6.78. The van der Waals surface area contributed by atoms with Crippen molar-refractivity contribution in [3.8, 4) is 0 Å². The minimum absolute atomic E-state index is 0.0280. The number of rotatable bonds is 2. The van der Waals surface area contributed by atoms with Gasteiger partial charge >= 0.3 is 0 Å². The second kappa shape index (κ2) is 3.99. The van der Waals surface area contributed by atoms with Crippen molar-refractivity contribution in [1.29, 1.82) is 0 Å². The molecule has 1 aliphatic heterocycles. The SMILES string of the molecule is CC(C)C1CC2(CNCC(C)(C(C)C)O2)C1. The fourth-order valence-electron chi connectivity index (χ4n) is 3.02. The molecule has 1 aliphatic carbocycles. The number of hydrogen-bond acceptors (Lipinski definition) is 2. The Morgan fingerprint density at radius 1 is 1.12 bits per heavy atom. The molecule has 1 unspecified atom stereocenters. The summed E-state index contributed by atoms with van der Waals surface area (Å²) in [6.07, 6.45) is 2.50. The molecule has 0 aromatic rings. The van der Waals surface area contributed by atoms with Crippen LogP contribution in [0.15, 0.2) is 0 Å². The van der Waals surface area contributed by atoms with Crippen molar-refractivity contribution in [2.75, 3.05) is 13.1 Å². The molecule has 16 heavy (non-hydrogen) atoms. The minimum Gasteiger partial charge on any atom is -0.366 e. The molecule has 2 fully saturated rings. The van der Waals surface area contributed by atoms with Gasteiger partial charge in [0.05, 0.1) is 11.2 Å². The highest BCUT2D eigenvalue weighted by molar-refractivity contribution is 5.04. The van der Waals surface area contributed by atoms with Crippen LogP contribution in [0.3, 0.4) is 0 Å². The van der Waals surface area contributed by atoms with E-state index in [0.29, 0.717) is 5.92 Å². The highest BCUT2D eigenvalue weighted by atomic mass is 16.5. The van der Waals surface area contributed by atoms with Crippen molar-refractivity contribution >= 4 is 0 Å². The molecule has 94 valence electrons. The van der Waals surface area contributed by atoms with Crippen molar-refractivity contribution in [2.45, 2.75) is 58.7 Å². The summed E-state index contributed by atoms with van der Waals surface area (Å²) in [5.74, 6) is 2.26. The smallest absolute Gasteiger partial charge is 0.0820 e. The summed E-state index contributed by atoms with van der Waals surface area (Å²) in [5, 5.41) is 3.58. The molecular weight excluding hydrogens is 198 g/mol. The Morgan fingerprint density at radius 3 is 2.25 bits per heavy atom. The van der Waals surface area contributed by atoms with Gasteiger partial charge in [0.15, 0.2) is 0 Å². The Hall–Kier alpha value is -0.0800. The van der Waals surface area contributed by atoms with Crippen LogP contribution in [0.4, 0.5) is 0 Å². The van der Waals surface area contributed by atoms with Crippen LogP contribution in [-0.4, -0.2) is 24.3 Å². The van der Waals surface area contributed by atoms with Crippen LogP contribution >= 0.6 is 0 Å². The highest BCUT2D eigenvalue weighted by Gasteiger charge is 2.52. The zero-order valence-corrected chi connectivity index (χ0v) is 11.5. The summed E-state index contributed by atoms with van der Waals surface area (Å²) in [5.41, 5.74) is 0.187. The van der Waals surface area contributed by atoms with Crippen LogP contribution < -0.4 is 5.32 Å². The van der Waals surface area contributed by atoms with Crippen LogP contribution in [0.1, 0.15) is 47.5 Å². The molecule has 1 spiro atoms. The fourth-order valence-corrected chi connectivity index (χ4v) is 3.02. The summed E-state index contributed by atoms with van der Waals surface area (Å²) in [4.78, 5) is 0. The van der Waals surface area contributed by atoms with Gasteiger partial charge in [-0.15, -0.1) is 0 Å². The monoisotopic (exact) mass is 225 g/mol. The van der Waals surface area contributed by atoms with Crippen LogP contribution in [0.2, 0.25) is 0 Å². The first-order valence-corrected chi connectivity index (χ1v) is 6.78. The third kappa shape index (κ3) is 2.02. The molecule has 1 N–H and O–H groups in total. The van der Waals surface area contributed by atoms with Gasteiger partial charge in [-0.2, -0.15) is 0 Å². The van der Waals surface area contributed by atoms with Crippen LogP contribution in [-0.2, 0) is 4.74 Å². The Bertz CT molecular complexity index is 255. The molecular formula is C14H27NO. The van der Waals surface area contributed by atoms with E-state index in [2.05, 4.69) is 39.9 Å². The quantitative estimate of drug-likeness (QED) is 0.780. The lowest BCUT2D eigenvalue weighted by Crippen LogP contribution is -2.66. The van der Waals surface area contributed by atoms with Gasteiger partial charge in [0.1, 0.15) is 0 Å². The molecule has 1 heterocycles. The highest BCUT2D eigenvalue weighted by Crippen LogP contribution is 2.48. The molecule has 1 saturated carbocycles. The van der Waals surface area contributed by atoms with Crippen molar-refractivity contribution < 1.29 is 4.74 Å². The van der Waals surface area contributed by atoms with Crippen molar-refractivity contribution in [3.63, 3.8) is 0 Å². The van der Waals surface area contributed by atoms with E-state index in [1.807, 2.05) is 0 Å². The second-order valence-electron chi connectivity index (χ2n) is 6.77. The number of nitrogens with one attached hydrogen (secondary N) is 1. The lowest BCUT2D eigenvalue weighted by Gasteiger charge is -2.57. The fraction of sp³-hybridized carbons (Fsp3) is 1.00. The summed E-state index contributed by atoms with van der Waals surface area (Å²) < 4.78 is 6.48. The molecule has 2 rings (SSSR count). The molecule has 0 aromatic heterocycles. The minimum atomic E-state index is 0.0280. The Morgan fingerprint density at radius 2 is 1.75 bits per heavy atom. The van der Waals surface area contributed by atoms with Gasteiger partial charge in [-0.3, -0.25) is 0 Å². The first kappa shape index (κ1) is 12.4. The molecule has 2 aliphatic rings. The van der Waals surface area contributed by atoms with E-state index < -0.39 is 0 Å². The molecule has 0 amide bonds. The summed E-state index contributed by atoms with van der Waals surface area (Å²) in [6.45, 7) is 13.5. The lowest BCUT2D eigenvalue weighted by atomic mass is 9.65. The third-order valence-electron chi connectivity index (χ3n) is 4.81. The topological polar surface area (TPSA) is 21.3 Å². The van der Waals surface area contributed by atoms with Crippen molar-refractivity contribution in [3.05, 3.63) is 0 Å². The first-order chi connectivity index (χ1) is 7.37. The predicted molar refractivity (Wildman–Crippen MR) is 67.5 cm³/mol. The average Bonchev–Trinajstić information content (AvgIpc) is 2.13. The van der Waals surface area contributed by atoms with Crippen LogP contribution in [0, 0.1) is 17.8 Å². The zero-order chi connectivity index (χ0) is 12.0. The normalized spacial score (nSPS) is 44.1. The Kier molecular flexibility index (Phi) is 3.09. The van der Waals surface area contributed by atoms with E-state index in [1.54, 1.807) is 0 Å². The van der Waals surface area contributed by atoms with E-state index in [0.717, 1.165) is 24.9 Å². The number of hydrogen-bond donors (Lipinski definition) is 1. The van der Waals surface area contributed by atoms with E-state index >= 15 is 0 Å². The molecule has 1 saturated heterocycles. The van der Waals surface area contributed by atoms with E-state index in [9.17, 15) is 0 Å². The van der Waals surface area contributed by atoms with Crippen LogP contribution in [0.25, 0.3) is 0 Å². The predicted octanol–water partition coefficient (Wildman–Crippen LogP) is 2.83. The molecule has 2 heteroatoms. The summed E-state index contributed by atoms with van der Waals surface area (Å²) in [7, 11) is 0. The van der Waals surface area contributed by atoms with Gasteiger partial charge < -0.3 is 10.1 Å². The second-order valence-corrected chi connectivity index (χ2v) is 6.77. The Labute approximate surface area is 100 Å². The number of ether oxygens (including phenoxy) is 1. The zero-order valence-electron chi connectivity index (χ0n) is 11.5. The maximum Gasteiger partial charge on any atom is 0.0820 e. The Balaban J connectivity index is 1.99. The largest absolute Gasteiger partial charge is 0.366 e. The van der Waals surface area contributed by atoms with Gasteiger partial charge in [0.25, 0.3) is 0 Å². The lowest BCUT2D eigenvalue weighted by molar-refractivity contribution is -0.238. The van der Waals surface area contributed by atoms with Gasteiger partial charge in [-0.25, -0.2) is 0 Å². The summed E-state index contributed by atoms with van der Waals surface area (Å²) >= 11 is 0.